The molecular weight excluding hydrogens is 297 g/mol. The molecule has 0 radical (unpaired) electrons. The number of rotatable bonds is 3. The molecule has 1 atom stereocenters. The van der Waals surface area contributed by atoms with Gasteiger partial charge in [0.15, 0.2) is 11.6 Å². The third kappa shape index (κ3) is 2.54. The first-order valence-corrected chi connectivity index (χ1v) is 7.28. The van der Waals surface area contributed by atoms with Crippen LogP contribution in [-0.2, 0) is 6.42 Å². The zero-order valence-corrected chi connectivity index (χ0v) is 12.6. The van der Waals surface area contributed by atoms with Crippen LogP contribution in [0.1, 0.15) is 40.9 Å². The van der Waals surface area contributed by atoms with Gasteiger partial charge in [0.1, 0.15) is 5.49 Å². The van der Waals surface area contributed by atoms with Gasteiger partial charge in [-0.2, -0.15) is 0 Å². The lowest BCUT2D eigenvalue weighted by atomic mass is 10.0. The van der Waals surface area contributed by atoms with Crippen LogP contribution in [0.5, 0.6) is 0 Å². The Morgan fingerprint density at radius 3 is 3.04 bits per heavy atom. The van der Waals surface area contributed by atoms with Gasteiger partial charge in [0.2, 0.25) is 0 Å². The Bertz CT molecular complexity index is 858. The molecule has 3 N–H and O–H groups in total. The number of anilines is 1. The largest absolute Gasteiger partial charge is 0.304 e. The summed E-state index contributed by atoms with van der Waals surface area (Å²) in [6, 6.07) is 4.30. The molecule has 2 aromatic rings. The van der Waals surface area contributed by atoms with Crippen LogP contribution in [0.2, 0.25) is 0 Å². The zero-order valence-electron chi connectivity index (χ0n) is 12.6. The Morgan fingerprint density at radius 2 is 2.35 bits per heavy atom. The molecule has 0 fully saturated rings. The molecule has 0 saturated heterocycles. The molecule has 0 aromatic carbocycles. The van der Waals surface area contributed by atoms with E-state index in [4.69, 9.17) is 10.8 Å². The summed E-state index contributed by atoms with van der Waals surface area (Å²) in [5, 5.41) is 18.1. The SMILES string of the molecule is C[C@@H]1CCc2c1cc(C(=O)Nc1ncccc1F)c(=N)n2C=N. The Hall–Kier alpha value is -2.83. The number of hydrogen-bond acceptors (Lipinski definition) is 4. The molecule has 7 heteroatoms. The van der Waals surface area contributed by atoms with E-state index in [0.717, 1.165) is 30.4 Å². The average Bonchev–Trinajstić information content (AvgIpc) is 2.90. The van der Waals surface area contributed by atoms with E-state index in [9.17, 15) is 9.18 Å². The van der Waals surface area contributed by atoms with Crippen molar-refractivity contribution in [2.24, 2.45) is 0 Å². The number of nitrogens with one attached hydrogen (secondary N) is 3. The number of nitrogens with zero attached hydrogens (tertiary/aromatic N) is 2. The molecule has 23 heavy (non-hydrogen) atoms. The number of pyridine rings is 2. The molecule has 3 rings (SSSR count). The van der Waals surface area contributed by atoms with E-state index in [1.165, 1.54) is 22.9 Å². The first kappa shape index (κ1) is 15.1. The van der Waals surface area contributed by atoms with Crippen LogP contribution in [-0.4, -0.2) is 21.8 Å². The highest BCUT2D eigenvalue weighted by Crippen LogP contribution is 2.31. The minimum Gasteiger partial charge on any atom is -0.304 e. The third-order valence-corrected chi connectivity index (χ3v) is 4.13. The van der Waals surface area contributed by atoms with Crippen molar-refractivity contribution in [3.05, 3.63) is 52.5 Å². The van der Waals surface area contributed by atoms with Crippen LogP contribution < -0.4 is 10.8 Å². The first-order valence-electron chi connectivity index (χ1n) is 7.28. The van der Waals surface area contributed by atoms with Gasteiger partial charge in [0.05, 0.1) is 11.9 Å². The molecule has 2 heterocycles. The summed E-state index contributed by atoms with van der Waals surface area (Å²) in [5.41, 5.74) is 1.86. The number of carbonyl (C=O) groups excluding carboxylic acids is 1. The predicted molar refractivity (Wildman–Crippen MR) is 83.4 cm³/mol. The first-order chi connectivity index (χ1) is 11.0. The highest BCUT2D eigenvalue weighted by atomic mass is 19.1. The molecule has 0 saturated carbocycles. The quantitative estimate of drug-likeness (QED) is 0.599. The zero-order chi connectivity index (χ0) is 16.6. The van der Waals surface area contributed by atoms with Gasteiger partial charge in [0, 0.05) is 11.9 Å². The van der Waals surface area contributed by atoms with Crippen LogP contribution in [0.3, 0.4) is 0 Å². The van der Waals surface area contributed by atoms with Gasteiger partial charge in [0.25, 0.3) is 5.91 Å². The summed E-state index contributed by atoms with van der Waals surface area (Å²) in [4.78, 5) is 16.2. The van der Waals surface area contributed by atoms with Gasteiger partial charge in [-0.1, -0.05) is 6.92 Å². The summed E-state index contributed by atoms with van der Waals surface area (Å²) >= 11 is 0. The molecule has 1 amide bonds. The fourth-order valence-electron chi connectivity index (χ4n) is 2.88. The average molecular weight is 313 g/mol. The molecule has 0 aliphatic heterocycles. The maximum Gasteiger partial charge on any atom is 0.260 e. The third-order valence-electron chi connectivity index (χ3n) is 4.13. The lowest BCUT2D eigenvalue weighted by Crippen LogP contribution is -2.31. The van der Waals surface area contributed by atoms with Crippen molar-refractivity contribution in [1.82, 2.24) is 9.55 Å². The van der Waals surface area contributed by atoms with E-state index in [0.29, 0.717) is 0 Å². The minimum absolute atomic E-state index is 0.0818. The fraction of sp³-hybridized carbons (Fsp3) is 0.250. The number of fused-ring (bicyclic) bond motifs is 1. The van der Waals surface area contributed by atoms with Gasteiger partial charge in [-0.05, 0) is 42.5 Å². The van der Waals surface area contributed by atoms with E-state index in [2.05, 4.69) is 10.3 Å². The summed E-state index contributed by atoms with van der Waals surface area (Å²) < 4.78 is 15.0. The standard InChI is InChI=1S/C16H16FN5O/c1-9-4-5-13-10(9)7-11(14(19)22(13)8-18)16(23)21-15-12(17)3-2-6-20-15/h2-3,6-9,18-19H,4-5H2,1H3,(H,20,21,23)/t9-/m1/s1. The number of amides is 1. The molecule has 6 nitrogen and oxygen atoms in total. The van der Waals surface area contributed by atoms with Crippen molar-refractivity contribution >= 4 is 18.1 Å². The Labute approximate surface area is 132 Å². The van der Waals surface area contributed by atoms with E-state index in [1.54, 1.807) is 6.07 Å². The van der Waals surface area contributed by atoms with Crippen molar-refractivity contribution in [2.45, 2.75) is 25.7 Å². The van der Waals surface area contributed by atoms with Crippen molar-refractivity contribution in [3.8, 4) is 0 Å². The van der Waals surface area contributed by atoms with E-state index in [1.807, 2.05) is 6.92 Å². The van der Waals surface area contributed by atoms with Crippen molar-refractivity contribution < 1.29 is 9.18 Å². The Kier molecular flexibility index (Phi) is 3.77. The van der Waals surface area contributed by atoms with Crippen LogP contribution in [0.15, 0.2) is 24.4 Å². The van der Waals surface area contributed by atoms with Gasteiger partial charge < -0.3 is 5.32 Å². The summed E-state index contributed by atoms with van der Waals surface area (Å²) in [7, 11) is 0. The van der Waals surface area contributed by atoms with Crippen molar-refractivity contribution in [1.29, 1.82) is 10.8 Å². The minimum atomic E-state index is -0.637. The molecule has 0 spiro atoms. The van der Waals surface area contributed by atoms with Crippen molar-refractivity contribution in [2.75, 3.05) is 5.32 Å². The summed E-state index contributed by atoms with van der Waals surface area (Å²) in [5.74, 6) is -1.16. The second-order valence-electron chi connectivity index (χ2n) is 5.54. The molecule has 118 valence electrons. The lowest BCUT2D eigenvalue weighted by molar-refractivity contribution is 0.102. The summed E-state index contributed by atoms with van der Waals surface area (Å²) in [6.45, 7) is 2.05. The smallest absolute Gasteiger partial charge is 0.260 e. The van der Waals surface area contributed by atoms with E-state index in [-0.39, 0.29) is 22.8 Å². The van der Waals surface area contributed by atoms with Gasteiger partial charge >= 0.3 is 0 Å². The highest BCUT2D eigenvalue weighted by molar-refractivity contribution is 6.03. The second kappa shape index (κ2) is 5.75. The highest BCUT2D eigenvalue weighted by Gasteiger charge is 2.25. The molecule has 2 aromatic heterocycles. The van der Waals surface area contributed by atoms with Gasteiger partial charge in [-0.3, -0.25) is 20.2 Å². The molecular formula is C16H16FN5O. The fourth-order valence-corrected chi connectivity index (χ4v) is 2.88. The number of aromatic nitrogens is 2. The van der Waals surface area contributed by atoms with Crippen LogP contribution >= 0.6 is 0 Å². The molecule has 1 aliphatic rings. The lowest BCUT2D eigenvalue weighted by Gasteiger charge is -2.13. The van der Waals surface area contributed by atoms with Crippen LogP contribution in [0.25, 0.3) is 0 Å². The topological polar surface area (TPSA) is 94.6 Å². The van der Waals surface area contributed by atoms with Crippen LogP contribution in [0.4, 0.5) is 10.2 Å². The van der Waals surface area contributed by atoms with Gasteiger partial charge in [-0.15, -0.1) is 0 Å². The number of hydrogen-bond donors (Lipinski definition) is 3. The number of carbonyl (C=O) groups is 1. The monoisotopic (exact) mass is 313 g/mol. The van der Waals surface area contributed by atoms with Crippen LogP contribution in [0, 0.1) is 16.6 Å². The maximum absolute atomic E-state index is 13.6. The Balaban J connectivity index is 2.05. The molecule has 0 unspecified atom stereocenters. The maximum atomic E-state index is 13.6. The van der Waals surface area contributed by atoms with Gasteiger partial charge in [-0.25, -0.2) is 9.37 Å². The second-order valence-corrected chi connectivity index (χ2v) is 5.54. The normalized spacial score (nSPS) is 16.0. The summed E-state index contributed by atoms with van der Waals surface area (Å²) in [6.07, 6.45) is 4.11. The van der Waals surface area contributed by atoms with Crippen molar-refractivity contribution in [3.63, 3.8) is 0 Å². The van der Waals surface area contributed by atoms with E-state index >= 15 is 0 Å². The Morgan fingerprint density at radius 1 is 1.57 bits per heavy atom. The number of halogens is 1. The molecule has 1 aliphatic carbocycles. The molecule has 0 bridgehead atoms. The van der Waals surface area contributed by atoms with E-state index < -0.39 is 11.7 Å². The predicted octanol–water partition coefficient (Wildman–Crippen LogP) is 2.26.